The van der Waals surface area contributed by atoms with Gasteiger partial charge in [0.25, 0.3) is 0 Å². The van der Waals surface area contributed by atoms with Crippen molar-refractivity contribution < 1.29 is 8.78 Å². The summed E-state index contributed by atoms with van der Waals surface area (Å²) in [6.45, 7) is 17.1. The molecular formula is C52H79F2NP2Si2. The Kier molecular flexibility index (Phi) is 22.3. The number of hydrogen-bond acceptors (Lipinski definition) is 1. The van der Waals surface area contributed by atoms with Gasteiger partial charge in [-0.25, -0.2) is 13.2 Å². The normalized spacial score (nSPS) is 12.3. The molecule has 1 nitrogen and oxygen atoms in total. The molecule has 4 aromatic rings. The number of hydrogen-bond donors (Lipinski definition) is 0. The molecule has 0 aliphatic carbocycles. The van der Waals surface area contributed by atoms with Crippen molar-refractivity contribution in [3.05, 3.63) is 109 Å². The molecule has 0 saturated heterocycles. The van der Waals surface area contributed by atoms with Crippen molar-refractivity contribution in [3.63, 3.8) is 0 Å². The minimum atomic E-state index is -1.72. The third kappa shape index (κ3) is 13.5. The number of unbranched alkanes of at least 4 members (excludes halogenated alkanes) is 7. The highest BCUT2D eigenvalue weighted by Crippen LogP contribution is 2.55. The molecule has 0 amide bonds. The second-order valence-electron chi connectivity index (χ2n) is 17.3. The molecule has 0 aromatic heterocycles. The van der Waals surface area contributed by atoms with E-state index in [1.165, 1.54) is 124 Å². The zero-order valence-corrected chi connectivity index (χ0v) is 42.0. The molecule has 0 bridgehead atoms. The molecule has 0 aliphatic rings. The van der Waals surface area contributed by atoms with E-state index < -0.39 is 32.3 Å². The van der Waals surface area contributed by atoms with E-state index in [0.29, 0.717) is 10.6 Å². The van der Waals surface area contributed by atoms with Gasteiger partial charge in [0.2, 0.25) is 0 Å². The Morgan fingerprint density at radius 3 is 0.983 bits per heavy atom. The predicted octanol–water partition coefficient (Wildman–Crippen LogP) is 14.6. The Balaban J connectivity index is 2.00. The van der Waals surface area contributed by atoms with Crippen LogP contribution >= 0.6 is 16.1 Å². The van der Waals surface area contributed by atoms with E-state index in [1.807, 2.05) is 24.3 Å². The number of nitrogens with zero attached hydrogens (tertiary/aromatic N) is 1. The average Bonchev–Trinajstić information content (AvgIpc) is 3.27. The summed E-state index contributed by atoms with van der Waals surface area (Å²) in [5, 5.41) is 7.05. The third-order valence-corrected chi connectivity index (χ3v) is 29.4. The molecule has 0 saturated carbocycles. The standard InChI is InChI=1S/C52H79F2NP2Si2/c1-8-15-38-55(57(51-28-24-22-26-49(51)53)52-29-25-23-27-50(52)54)56(45-30-34-47(35-31-45)58(39-16-9-2,40-17-10-3)41-18-11-4)46-32-36-48(37-33-46)59(42-19-12-5,43-20-13-6)44-21-14-7/h22-37H,8-21,38-44H2,1-7H3. The molecule has 0 heterocycles. The lowest BCUT2D eigenvalue weighted by atomic mass is 10.3. The Morgan fingerprint density at radius 2 is 0.695 bits per heavy atom. The van der Waals surface area contributed by atoms with Crippen molar-refractivity contribution in [2.45, 2.75) is 175 Å². The van der Waals surface area contributed by atoms with Crippen LogP contribution in [0.3, 0.4) is 0 Å². The van der Waals surface area contributed by atoms with Gasteiger partial charge in [0.05, 0.1) is 16.1 Å². The highest BCUT2D eigenvalue weighted by atomic mass is 31.2. The molecule has 4 aromatic carbocycles. The van der Waals surface area contributed by atoms with E-state index in [4.69, 9.17) is 0 Å². The van der Waals surface area contributed by atoms with Crippen molar-refractivity contribution in [3.8, 4) is 0 Å². The minimum absolute atomic E-state index is 0.249. The molecule has 59 heavy (non-hydrogen) atoms. The van der Waals surface area contributed by atoms with E-state index in [0.717, 1.165) is 19.4 Å². The summed E-state index contributed by atoms with van der Waals surface area (Å²) in [6, 6.07) is 42.5. The van der Waals surface area contributed by atoms with E-state index in [9.17, 15) is 0 Å². The maximum Gasteiger partial charge on any atom is 0.132 e. The first-order valence-corrected chi connectivity index (χ1v) is 31.7. The van der Waals surface area contributed by atoms with E-state index in [1.54, 1.807) is 34.6 Å². The van der Waals surface area contributed by atoms with Crippen LogP contribution in [0.5, 0.6) is 0 Å². The highest BCUT2D eigenvalue weighted by Gasteiger charge is 2.38. The maximum atomic E-state index is 16.3. The summed E-state index contributed by atoms with van der Waals surface area (Å²) in [6.07, 6.45) is 17.3. The fraction of sp³-hybridized carbons (Fsp3) is 0.538. The molecular weight excluding hydrogens is 795 g/mol. The minimum Gasteiger partial charge on any atom is -0.245 e. The fourth-order valence-electron chi connectivity index (χ4n) is 9.25. The molecule has 0 unspecified atom stereocenters. The van der Waals surface area contributed by atoms with Crippen molar-refractivity contribution in [2.75, 3.05) is 6.54 Å². The molecule has 324 valence electrons. The van der Waals surface area contributed by atoms with Crippen LogP contribution in [-0.4, -0.2) is 27.1 Å². The van der Waals surface area contributed by atoms with Crippen molar-refractivity contribution in [1.82, 2.24) is 4.44 Å². The van der Waals surface area contributed by atoms with Crippen molar-refractivity contribution >= 4 is 63.9 Å². The van der Waals surface area contributed by atoms with Gasteiger partial charge in [-0.3, -0.25) is 0 Å². The average molecular weight is 874 g/mol. The van der Waals surface area contributed by atoms with Crippen LogP contribution in [0.1, 0.15) is 138 Å². The van der Waals surface area contributed by atoms with Crippen LogP contribution < -0.4 is 31.6 Å². The smallest absolute Gasteiger partial charge is 0.132 e. The van der Waals surface area contributed by atoms with Gasteiger partial charge in [-0.15, -0.1) is 0 Å². The number of rotatable bonds is 29. The number of halogens is 2. The molecule has 7 heteroatoms. The maximum absolute atomic E-state index is 16.3. The zero-order valence-electron chi connectivity index (χ0n) is 38.2. The highest BCUT2D eigenvalue weighted by molar-refractivity contribution is 7.84. The van der Waals surface area contributed by atoms with Crippen LogP contribution in [-0.2, 0) is 0 Å². The third-order valence-electron chi connectivity index (χ3n) is 12.8. The van der Waals surface area contributed by atoms with Crippen LogP contribution in [0, 0.1) is 11.6 Å². The molecule has 0 atom stereocenters. The lowest BCUT2D eigenvalue weighted by Gasteiger charge is -2.40. The Morgan fingerprint density at radius 1 is 0.390 bits per heavy atom. The van der Waals surface area contributed by atoms with Crippen LogP contribution in [0.4, 0.5) is 8.78 Å². The second kappa shape index (κ2) is 26.5. The lowest BCUT2D eigenvalue weighted by molar-refractivity contribution is 0.623. The van der Waals surface area contributed by atoms with Gasteiger partial charge in [0.15, 0.2) is 0 Å². The first-order chi connectivity index (χ1) is 28.8. The molecule has 0 N–H and O–H groups in total. The summed E-state index contributed by atoms with van der Waals surface area (Å²) in [5.41, 5.74) is 0. The molecule has 0 spiro atoms. The summed E-state index contributed by atoms with van der Waals surface area (Å²) in [7, 11) is -6.11. The Bertz CT molecular complexity index is 1590. The van der Waals surface area contributed by atoms with Gasteiger partial charge in [0, 0.05) is 33.3 Å². The summed E-state index contributed by atoms with van der Waals surface area (Å²) < 4.78 is 35.1. The topological polar surface area (TPSA) is 3.24 Å². The second-order valence-corrected chi connectivity index (χ2v) is 31.1. The van der Waals surface area contributed by atoms with Gasteiger partial charge >= 0.3 is 0 Å². The van der Waals surface area contributed by atoms with Gasteiger partial charge in [-0.1, -0.05) is 251 Å². The van der Waals surface area contributed by atoms with Gasteiger partial charge in [0.1, 0.15) is 11.6 Å². The summed E-state index contributed by atoms with van der Waals surface area (Å²) in [4.78, 5) is 0. The molecule has 0 fully saturated rings. The quantitative estimate of drug-likeness (QED) is 0.0388. The SMILES string of the molecule is CCCCN(P(c1ccc([Si](CCCC)(CCCC)CCCC)cc1)c1ccc([Si](CCCC)(CCCC)CCCC)cc1)P(c1ccccc1F)c1ccccc1F. The Hall–Kier alpha value is -2.01. The van der Waals surface area contributed by atoms with E-state index in [2.05, 4.69) is 101 Å². The zero-order chi connectivity index (χ0) is 42.5. The summed E-state index contributed by atoms with van der Waals surface area (Å²) >= 11 is 0. The fourth-order valence-corrected chi connectivity index (χ4v) is 26.5. The summed E-state index contributed by atoms with van der Waals surface area (Å²) in [5.74, 6) is -0.498. The predicted molar refractivity (Wildman–Crippen MR) is 269 cm³/mol. The lowest BCUT2D eigenvalue weighted by Crippen LogP contribution is -2.48. The van der Waals surface area contributed by atoms with Crippen LogP contribution in [0.2, 0.25) is 36.3 Å². The van der Waals surface area contributed by atoms with Crippen molar-refractivity contribution in [1.29, 1.82) is 0 Å². The molecule has 0 aliphatic heterocycles. The first-order valence-electron chi connectivity index (χ1n) is 23.9. The largest absolute Gasteiger partial charge is 0.245 e. The van der Waals surface area contributed by atoms with Gasteiger partial charge < -0.3 is 0 Å². The first kappa shape index (κ1) is 49.6. The van der Waals surface area contributed by atoms with Crippen LogP contribution in [0.25, 0.3) is 0 Å². The van der Waals surface area contributed by atoms with Crippen LogP contribution in [0.15, 0.2) is 97.1 Å². The molecule has 4 rings (SSSR count). The molecule has 0 radical (unpaired) electrons. The van der Waals surface area contributed by atoms with E-state index in [-0.39, 0.29) is 11.6 Å². The van der Waals surface area contributed by atoms with Gasteiger partial charge in [-0.2, -0.15) is 0 Å². The van der Waals surface area contributed by atoms with Crippen molar-refractivity contribution in [2.24, 2.45) is 0 Å². The van der Waals surface area contributed by atoms with E-state index >= 15 is 8.78 Å². The Labute approximate surface area is 365 Å². The van der Waals surface area contributed by atoms with Gasteiger partial charge in [-0.05, 0) is 41.3 Å². The monoisotopic (exact) mass is 874 g/mol. The number of benzene rings is 4.